The molecule has 7 nitrogen and oxygen atoms in total. The molecule has 0 radical (unpaired) electrons. The minimum Gasteiger partial charge on any atom is -0.353 e. The monoisotopic (exact) mass is 408 g/mol. The van der Waals surface area contributed by atoms with Crippen molar-refractivity contribution in [2.24, 2.45) is 0 Å². The molecule has 0 fully saturated rings. The van der Waals surface area contributed by atoms with Gasteiger partial charge in [0.2, 0.25) is 5.91 Å². The largest absolute Gasteiger partial charge is 0.353 e. The SMILES string of the molecule is C=CCn1c(CS(=O)(=O)c2ccccc2)nnc1SCC(=O)NC(C)CC. The number of aromatic nitrogens is 3. The Balaban J connectivity index is 2.15. The van der Waals surface area contributed by atoms with Crippen molar-refractivity contribution in [3.05, 3.63) is 48.8 Å². The van der Waals surface area contributed by atoms with Crippen LogP contribution in [0.5, 0.6) is 0 Å². The lowest BCUT2D eigenvalue weighted by atomic mass is 10.3. The molecule has 2 rings (SSSR count). The highest BCUT2D eigenvalue weighted by molar-refractivity contribution is 7.99. The van der Waals surface area contributed by atoms with Crippen LogP contribution in [0.2, 0.25) is 0 Å². The van der Waals surface area contributed by atoms with Crippen molar-refractivity contribution < 1.29 is 13.2 Å². The number of nitrogens with one attached hydrogen (secondary N) is 1. The lowest BCUT2D eigenvalue weighted by molar-refractivity contribution is -0.119. The smallest absolute Gasteiger partial charge is 0.230 e. The van der Waals surface area contributed by atoms with Crippen LogP contribution in [-0.4, -0.2) is 40.9 Å². The molecule has 1 heterocycles. The maximum atomic E-state index is 12.6. The summed E-state index contributed by atoms with van der Waals surface area (Å²) in [6.07, 6.45) is 2.50. The van der Waals surface area contributed by atoms with E-state index in [4.69, 9.17) is 0 Å². The molecule has 1 N–H and O–H groups in total. The van der Waals surface area contributed by atoms with Crippen LogP contribution < -0.4 is 5.32 Å². The molecule has 1 aromatic heterocycles. The minimum atomic E-state index is -3.54. The molecule has 0 aliphatic carbocycles. The van der Waals surface area contributed by atoms with Crippen molar-refractivity contribution in [3.8, 4) is 0 Å². The number of benzene rings is 1. The first-order valence-electron chi connectivity index (χ1n) is 8.60. The number of carbonyl (C=O) groups is 1. The zero-order chi connectivity index (χ0) is 19.9. The second-order valence-electron chi connectivity index (χ2n) is 6.04. The van der Waals surface area contributed by atoms with Gasteiger partial charge in [0.1, 0.15) is 11.6 Å². The third kappa shape index (κ3) is 5.93. The van der Waals surface area contributed by atoms with Gasteiger partial charge in [-0.3, -0.25) is 4.79 Å². The normalized spacial score (nSPS) is 12.5. The van der Waals surface area contributed by atoms with Crippen LogP contribution in [0.3, 0.4) is 0 Å². The van der Waals surface area contributed by atoms with Gasteiger partial charge in [0, 0.05) is 12.6 Å². The van der Waals surface area contributed by atoms with Crippen molar-refractivity contribution in [1.82, 2.24) is 20.1 Å². The fraction of sp³-hybridized carbons (Fsp3) is 0.389. The number of hydrogen-bond acceptors (Lipinski definition) is 6. The molecule has 1 unspecified atom stereocenters. The number of allylic oxidation sites excluding steroid dienone is 1. The Morgan fingerprint density at radius 2 is 2.04 bits per heavy atom. The average molecular weight is 409 g/mol. The number of rotatable bonds is 10. The van der Waals surface area contributed by atoms with Crippen molar-refractivity contribution in [1.29, 1.82) is 0 Å². The van der Waals surface area contributed by atoms with E-state index in [2.05, 4.69) is 22.1 Å². The van der Waals surface area contributed by atoms with Gasteiger partial charge in [-0.1, -0.05) is 43.0 Å². The topological polar surface area (TPSA) is 93.9 Å². The molecule has 9 heteroatoms. The van der Waals surface area contributed by atoms with Crippen molar-refractivity contribution in [3.63, 3.8) is 0 Å². The first-order chi connectivity index (χ1) is 12.9. The number of amides is 1. The summed E-state index contributed by atoms with van der Waals surface area (Å²) in [7, 11) is -3.54. The van der Waals surface area contributed by atoms with Crippen LogP contribution in [0, 0.1) is 0 Å². The van der Waals surface area contributed by atoms with Gasteiger partial charge in [0.25, 0.3) is 0 Å². The van der Waals surface area contributed by atoms with Crippen LogP contribution in [0.4, 0.5) is 0 Å². The zero-order valence-electron chi connectivity index (χ0n) is 15.5. The summed E-state index contributed by atoms with van der Waals surface area (Å²) in [5.74, 6) is 0.146. The molecule has 0 bridgehead atoms. The molecule has 2 aromatic rings. The van der Waals surface area contributed by atoms with Gasteiger partial charge in [-0.2, -0.15) is 0 Å². The molecule has 0 aliphatic heterocycles. The Morgan fingerprint density at radius 1 is 1.33 bits per heavy atom. The highest BCUT2D eigenvalue weighted by atomic mass is 32.2. The van der Waals surface area contributed by atoms with E-state index in [0.29, 0.717) is 17.5 Å². The molecule has 146 valence electrons. The maximum absolute atomic E-state index is 12.6. The Hall–Kier alpha value is -2.13. The number of carbonyl (C=O) groups excluding carboxylic acids is 1. The van der Waals surface area contributed by atoms with Crippen LogP contribution in [0.25, 0.3) is 0 Å². The molecule has 0 saturated heterocycles. The second kappa shape index (κ2) is 9.70. The Morgan fingerprint density at radius 3 is 2.67 bits per heavy atom. The van der Waals surface area contributed by atoms with Gasteiger partial charge in [-0.15, -0.1) is 16.8 Å². The summed E-state index contributed by atoms with van der Waals surface area (Å²) < 4.78 is 26.9. The molecular formula is C18H24N4O3S2. The van der Waals surface area contributed by atoms with Crippen LogP contribution in [-0.2, 0) is 26.9 Å². The minimum absolute atomic E-state index is 0.0963. The van der Waals surface area contributed by atoms with Gasteiger partial charge < -0.3 is 9.88 Å². The third-order valence-corrected chi connectivity index (χ3v) is 6.47. The van der Waals surface area contributed by atoms with E-state index in [9.17, 15) is 13.2 Å². The lowest BCUT2D eigenvalue weighted by Gasteiger charge is -2.11. The van der Waals surface area contributed by atoms with Crippen molar-refractivity contribution in [2.45, 2.75) is 48.7 Å². The van der Waals surface area contributed by atoms with Crippen molar-refractivity contribution in [2.75, 3.05) is 5.75 Å². The number of hydrogen-bond donors (Lipinski definition) is 1. The summed E-state index contributed by atoms with van der Waals surface area (Å²) in [4.78, 5) is 12.2. The first kappa shape index (κ1) is 21.2. The van der Waals surface area contributed by atoms with Crippen LogP contribution in [0.1, 0.15) is 26.1 Å². The summed E-state index contributed by atoms with van der Waals surface area (Å²) in [6.45, 7) is 8.00. The van der Waals surface area contributed by atoms with Gasteiger partial charge in [0.15, 0.2) is 15.0 Å². The van der Waals surface area contributed by atoms with E-state index in [1.807, 2.05) is 13.8 Å². The third-order valence-electron chi connectivity index (χ3n) is 3.88. The van der Waals surface area contributed by atoms with E-state index in [1.54, 1.807) is 41.0 Å². The van der Waals surface area contributed by atoms with Crippen LogP contribution >= 0.6 is 11.8 Å². The highest BCUT2D eigenvalue weighted by Crippen LogP contribution is 2.21. The molecule has 1 amide bonds. The molecule has 0 spiro atoms. The summed E-state index contributed by atoms with van der Waals surface area (Å²) in [5, 5.41) is 11.5. The summed E-state index contributed by atoms with van der Waals surface area (Å²) >= 11 is 1.22. The van der Waals surface area contributed by atoms with Gasteiger partial charge >= 0.3 is 0 Å². The van der Waals surface area contributed by atoms with Gasteiger partial charge in [-0.05, 0) is 25.5 Å². The average Bonchev–Trinajstić information content (AvgIpc) is 3.02. The fourth-order valence-electron chi connectivity index (χ4n) is 2.27. The Labute approximate surface area is 164 Å². The molecular weight excluding hydrogens is 384 g/mol. The van der Waals surface area contributed by atoms with E-state index in [-0.39, 0.29) is 28.4 Å². The highest BCUT2D eigenvalue weighted by Gasteiger charge is 2.21. The van der Waals surface area contributed by atoms with Gasteiger partial charge in [-0.25, -0.2) is 8.42 Å². The Bertz CT molecular complexity index is 879. The first-order valence-corrected chi connectivity index (χ1v) is 11.2. The van der Waals surface area contributed by atoms with E-state index in [1.165, 1.54) is 11.8 Å². The molecule has 0 aliphatic rings. The Kier molecular flexibility index (Phi) is 7.61. The van der Waals surface area contributed by atoms with E-state index < -0.39 is 9.84 Å². The predicted octanol–water partition coefficient (Wildman–Crippen LogP) is 2.44. The number of sulfone groups is 1. The summed E-state index contributed by atoms with van der Waals surface area (Å²) in [5.41, 5.74) is 0. The molecule has 1 atom stereocenters. The van der Waals surface area contributed by atoms with E-state index in [0.717, 1.165) is 6.42 Å². The quantitative estimate of drug-likeness (QED) is 0.479. The number of nitrogens with zero attached hydrogens (tertiary/aromatic N) is 3. The fourth-order valence-corrected chi connectivity index (χ4v) is 4.34. The van der Waals surface area contributed by atoms with Gasteiger partial charge in [0.05, 0.1) is 10.6 Å². The summed E-state index contributed by atoms with van der Waals surface area (Å²) in [6, 6.07) is 8.34. The number of thioether (sulfide) groups is 1. The van der Waals surface area contributed by atoms with Crippen molar-refractivity contribution >= 4 is 27.5 Å². The predicted molar refractivity (Wildman–Crippen MR) is 106 cm³/mol. The zero-order valence-corrected chi connectivity index (χ0v) is 17.1. The maximum Gasteiger partial charge on any atom is 0.230 e. The molecule has 0 saturated carbocycles. The second-order valence-corrected chi connectivity index (χ2v) is 8.97. The molecule has 27 heavy (non-hydrogen) atoms. The molecule has 1 aromatic carbocycles. The van der Waals surface area contributed by atoms with E-state index >= 15 is 0 Å². The van der Waals surface area contributed by atoms with Crippen LogP contribution in [0.15, 0.2) is 53.0 Å². The lowest BCUT2D eigenvalue weighted by Crippen LogP contribution is -2.33. The standard InChI is InChI=1S/C18H24N4O3S2/c1-4-11-22-16(13-27(24,25)15-9-7-6-8-10-15)20-21-18(22)26-12-17(23)19-14(3)5-2/h4,6-10,14H,1,5,11-13H2,2-3H3,(H,19,23).